The number of rotatable bonds is 3. The molecule has 1 nitrogen and oxygen atoms in total. The van der Waals surface area contributed by atoms with Crippen molar-refractivity contribution in [2.75, 3.05) is 0 Å². The van der Waals surface area contributed by atoms with E-state index in [-0.39, 0.29) is 6.42 Å². The van der Waals surface area contributed by atoms with Crippen molar-refractivity contribution in [2.45, 2.75) is 31.9 Å². The molecule has 0 radical (unpaired) electrons. The van der Waals surface area contributed by atoms with Crippen LogP contribution in [0.15, 0.2) is 0 Å². The molecule has 0 spiro atoms. The van der Waals surface area contributed by atoms with Crippen molar-refractivity contribution in [2.24, 2.45) is 5.92 Å². The summed E-state index contributed by atoms with van der Waals surface area (Å²) in [4.78, 5) is 0. The second-order valence-corrected chi connectivity index (χ2v) is 2.93. The summed E-state index contributed by atoms with van der Waals surface area (Å²) < 4.78 is 37.2. The molecule has 0 aliphatic heterocycles. The fourth-order valence-electron chi connectivity index (χ4n) is 0.680. The van der Waals surface area contributed by atoms with E-state index in [4.69, 9.17) is 5.11 Å². The summed E-state index contributed by atoms with van der Waals surface area (Å²) in [5.41, 5.74) is -2.83. The van der Waals surface area contributed by atoms with Gasteiger partial charge in [-0.05, 0) is 5.92 Å². The SMILES string of the molecule is BC(F)(C(C)CC)C(O)(F)F. The zero-order chi connectivity index (χ0) is 9.28. The molecule has 0 bridgehead atoms. The van der Waals surface area contributed by atoms with Crippen LogP contribution in [-0.4, -0.2) is 24.6 Å². The van der Waals surface area contributed by atoms with Gasteiger partial charge >= 0.3 is 6.11 Å². The van der Waals surface area contributed by atoms with Crippen LogP contribution in [0.3, 0.4) is 0 Å². The van der Waals surface area contributed by atoms with Crippen LogP contribution in [0.5, 0.6) is 0 Å². The third kappa shape index (κ3) is 2.12. The van der Waals surface area contributed by atoms with Gasteiger partial charge in [0.15, 0.2) is 13.4 Å². The molecule has 0 saturated carbocycles. The van der Waals surface area contributed by atoms with Crippen molar-refractivity contribution in [1.29, 1.82) is 0 Å². The Balaban J connectivity index is 4.45. The molecule has 0 rings (SSSR count). The molecule has 11 heavy (non-hydrogen) atoms. The summed E-state index contributed by atoms with van der Waals surface area (Å²) in [5, 5.41) is 8.14. The van der Waals surface area contributed by atoms with Crippen LogP contribution in [0, 0.1) is 5.92 Å². The van der Waals surface area contributed by atoms with E-state index in [2.05, 4.69) is 0 Å². The normalized spacial score (nSPS) is 20.9. The molecule has 0 fully saturated rings. The highest BCUT2D eigenvalue weighted by Crippen LogP contribution is 2.34. The predicted molar refractivity (Wildman–Crippen MR) is 39.0 cm³/mol. The lowest BCUT2D eigenvalue weighted by Crippen LogP contribution is -2.49. The molecule has 0 amide bonds. The Morgan fingerprint density at radius 1 is 1.45 bits per heavy atom. The molecule has 0 aromatic rings. The molecule has 1 N–H and O–H groups in total. The maximum Gasteiger partial charge on any atom is 0.379 e. The van der Waals surface area contributed by atoms with Crippen molar-refractivity contribution < 1.29 is 18.3 Å². The molecule has 0 aliphatic rings. The van der Waals surface area contributed by atoms with Crippen LogP contribution in [0.2, 0.25) is 0 Å². The Morgan fingerprint density at radius 2 is 1.82 bits per heavy atom. The Labute approximate surface area is 65.0 Å². The van der Waals surface area contributed by atoms with Crippen LogP contribution in [-0.2, 0) is 0 Å². The average molecular weight is 168 g/mol. The molecule has 66 valence electrons. The second-order valence-electron chi connectivity index (χ2n) is 2.93. The van der Waals surface area contributed by atoms with Gasteiger partial charge in [0.1, 0.15) is 0 Å². The van der Waals surface area contributed by atoms with E-state index in [1.54, 1.807) is 6.92 Å². The first-order valence-corrected chi connectivity index (χ1v) is 3.52. The molecular weight excluding hydrogens is 156 g/mol. The van der Waals surface area contributed by atoms with E-state index in [9.17, 15) is 13.2 Å². The lowest BCUT2D eigenvalue weighted by atomic mass is 9.72. The van der Waals surface area contributed by atoms with Crippen LogP contribution >= 0.6 is 0 Å². The second kappa shape index (κ2) is 3.05. The minimum atomic E-state index is -4.25. The standard InChI is InChI=1S/C6H12BF3O/c1-3-4(2)5(7,8)6(9,10)11/h4,11H,3,7H2,1-2H3. The van der Waals surface area contributed by atoms with Crippen molar-refractivity contribution in [3.8, 4) is 0 Å². The summed E-state index contributed by atoms with van der Waals surface area (Å²) in [5.74, 6) is -0.859. The molecule has 0 heterocycles. The topological polar surface area (TPSA) is 20.2 Å². The molecule has 5 heteroatoms. The minimum absolute atomic E-state index is 0.267. The summed E-state index contributed by atoms with van der Waals surface area (Å²) in [6.07, 6.45) is -3.98. The Bertz CT molecular complexity index is 132. The maximum atomic E-state index is 13.0. The zero-order valence-electron chi connectivity index (χ0n) is 6.87. The van der Waals surface area contributed by atoms with Crippen molar-refractivity contribution in [3.05, 3.63) is 0 Å². The van der Waals surface area contributed by atoms with Gasteiger partial charge < -0.3 is 5.11 Å². The van der Waals surface area contributed by atoms with Gasteiger partial charge in [0.05, 0.1) is 0 Å². The number of aliphatic hydroxyl groups is 1. The van der Waals surface area contributed by atoms with Gasteiger partial charge in [0.25, 0.3) is 0 Å². The van der Waals surface area contributed by atoms with Crippen LogP contribution in [0.1, 0.15) is 20.3 Å². The average Bonchev–Trinajstić information content (AvgIpc) is 1.83. The molecule has 0 aliphatic carbocycles. The highest BCUT2D eigenvalue weighted by Gasteiger charge is 2.52. The van der Waals surface area contributed by atoms with E-state index < -0.39 is 17.6 Å². The van der Waals surface area contributed by atoms with Crippen LogP contribution in [0.4, 0.5) is 13.2 Å². The quantitative estimate of drug-likeness (QED) is 0.621. The number of hydrogen-bond donors (Lipinski definition) is 1. The summed E-state index contributed by atoms with van der Waals surface area (Å²) in [6.45, 7) is 2.93. The fourth-order valence-corrected chi connectivity index (χ4v) is 0.680. The Morgan fingerprint density at radius 3 is 1.91 bits per heavy atom. The van der Waals surface area contributed by atoms with E-state index in [0.717, 1.165) is 0 Å². The smallest absolute Gasteiger partial charge is 0.334 e. The third-order valence-corrected chi connectivity index (χ3v) is 2.13. The van der Waals surface area contributed by atoms with Gasteiger partial charge in [0, 0.05) is 0 Å². The first kappa shape index (κ1) is 10.8. The number of alkyl halides is 3. The lowest BCUT2D eigenvalue weighted by molar-refractivity contribution is -0.267. The first-order chi connectivity index (χ1) is 4.73. The fraction of sp³-hybridized carbons (Fsp3) is 1.00. The summed E-state index contributed by atoms with van der Waals surface area (Å²) in [7, 11) is 0.709. The Kier molecular flexibility index (Phi) is 3.00. The van der Waals surface area contributed by atoms with Gasteiger partial charge in [-0.15, -0.1) is 0 Å². The van der Waals surface area contributed by atoms with Gasteiger partial charge in [0.2, 0.25) is 0 Å². The van der Waals surface area contributed by atoms with Crippen molar-refractivity contribution >= 4 is 7.85 Å². The zero-order valence-corrected chi connectivity index (χ0v) is 6.87. The summed E-state index contributed by atoms with van der Waals surface area (Å²) >= 11 is 0. The Hall–Kier alpha value is -0.185. The molecular formula is C6H12BF3O. The highest BCUT2D eigenvalue weighted by atomic mass is 19.3. The van der Waals surface area contributed by atoms with Crippen molar-refractivity contribution in [3.63, 3.8) is 0 Å². The molecule has 0 aromatic carbocycles. The van der Waals surface area contributed by atoms with Gasteiger partial charge in [-0.2, -0.15) is 8.78 Å². The molecule has 0 saturated heterocycles. The monoisotopic (exact) mass is 168 g/mol. The molecule has 2 unspecified atom stereocenters. The van der Waals surface area contributed by atoms with Crippen molar-refractivity contribution in [1.82, 2.24) is 0 Å². The van der Waals surface area contributed by atoms with Crippen LogP contribution < -0.4 is 0 Å². The molecule has 2 atom stereocenters. The van der Waals surface area contributed by atoms with Gasteiger partial charge in [-0.1, -0.05) is 20.3 Å². The molecule has 0 aromatic heterocycles. The maximum absolute atomic E-state index is 13.0. The third-order valence-electron chi connectivity index (χ3n) is 2.13. The minimum Gasteiger partial charge on any atom is -0.334 e. The number of hydrogen-bond acceptors (Lipinski definition) is 1. The number of halogens is 3. The van der Waals surface area contributed by atoms with Gasteiger partial charge in [-0.3, -0.25) is 0 Å². The van der Waals surface area contributed by atoms with E-state index in [0.29, 0.717) is 7.85 Å². The highest BCUT2D eigenvalue weighted by molar-refractivity contribution is 6.15. The lowest BCUT2D eigenvalue weighted by Gasteiger charge is -2.30. The van der Waals surface area contributed by atoms with E-state index in [1.807, 2.05) is 0 Å². The van der Waals surface area contributed by atoms with Crippen LogP contribution in [0.25, 0.3) is 0 Å². The predicted octanol–water partition coefficient (Wildman–Crippen LogP) is 0.916. The largest absolute Gasteiger partial charge is 0.379 e. The van der Waals surface area contributed by atoms with E-state index in [1.165, 1.54) is 6.92 Å². The first-order valence-electron chi connectivity index (χ1n) is 3.52. The van der Waals surface area contributed by atoms with Gasteiger partial charge in [-0.25, -0.2) is 4.39 Å². The summed E-state index contributed by atoms with van der Waals surface area (Å²) in [6, 6.07) is 0. The van der Waals surface area contributed by atoms with E-state index >= 15 is 0 Å².